The summed E-state index contributed by atoms with van der Waals surface area (Å²) in [6.07, 6.45) is 0.896. The van der Waals surface area contributed by atoms with Crippen LogP contribution in [0.15, 0.2) is 48.5 Å². The number of anilines is 1. The molecular formula is C21H24FNO. The lowest BCUT2D eigenvalue weighted by molar-refractivity contribution is -0.118. The summed E-state index contributed by atoms with van der Waals surface area (Å²) in [6, 6.07) is 14.7. The van der Waals surface area contributed by atoms with Gasteiger partial charge in [-0.3, -0.25) is 4.79 Å². The lowest BCUT2D eigenvalue weighted by Crippen LogP contribution is -2.26. The molecule has 1 saturated heterocycles. The van der Waals surface area contributed by atoms with Crippen molar-refractivity contribution in [2.24, 2.45) is 5.92 Å². The molecule has 3 heteroatoms. The quantitative estimate of drug-likeness (QED) is 0.765. The molecule has 1 aliphatic heterocycles. The van der Waals surface area contributed by atoms with E-state index >= 15 is 0 Å². The Morgan fingerprint density at radius 3 is 2.58 bits per heavy atom. The van der Waals surface area contributed by atoms with Gasteiger partial charge in [-0.05, 0) is 47.2 Å². The first-order valence-corrected chi connectivity index (χ1v) is 8.68. The van der Waals surface area contributed by atoms with Gasteiger partial charge in [0, 0.05) is 12.2 Å². The zero-order chi connectivity index (χ0) is 17.3. The Labute approximate surface area is 143 Å². The van der Waals surface area contributed by atoms with Crippen molar-refractivity contribution in [3.05, 3.63) is 65.5 Å². The van der Waals surface area contributed by atoms with E-state index in [-0.39, 0.29) is 23.6 Å². The van der Waals surface area contributed by atoms with Crippen LogP contribution in [0.2, 0.25) is 0 Å². The summed E-state index contributed by atoms with van der Waals surface area (Å²) in [5, 5.41) is 0. The predicted molar refractivity (Wildman–Crippen MR) is 95.8 cm³/mol. The number of rotatable bonds is 4. The maximum absolute atomic E-state index is 13.6. The molecule has 2 unspecified atom stereocenters. The first kappa shape index (κ1) is 16.7. The lowest BCUT2D eigenvalue weighted by Gasteiger charge is -2.18. The Bertz CT molecular complexity index is 740. The van der Waals surface area contributed by atoms with Crippen LogP contribution >= 0.6 is 0 Å². The van der Waals surface area contributed by atoms with Gasteiger partial charge in [-0.25, -0.2) is 4.39 Å². The zero-order valence-corrected chi connectivity index (χ0v) is 14.5. The average molecular weight is 325 g/mol. The van der Waals surface area contributed by atoms with Gasteiger partial charge in [-0.2, -0.15) is 0 Å². The molecule has 0 aromatic heterocycles. The second-order valence-electron chi connectivity index (χ2n) is 6.90. The first-order valence-electron chi connectivity index (χ1n) is 8.68. The minimum Gasteiger partial charge on any atom is -0.312 e. The Morgan fingerprint density at radius 1 is 1.17 bits per heavy atom. The molecule has 0 bridgehead atoms. The van der Waals surface area contributed by atoms with Crippen LogP contribution in [-0.4, -0.2) is 12.5 Å². The van der Waals surface area contributed by atoms with E-state index in [1.807, 2.05) is 23.1 Å². The number of hydrogen-bond donors (Lipinski definition) is 0. The van der Waals surface area contributed by atoms with Gasteiger partial charge < -0.3 is 4.90 Å². The van der Waals surface area contributed by atoms with Crippen LogP contribution in [0, 0.1) is 11.7 Å². The molecule has 1 heterocycles. The van der Waals surface area contributed by atoms with Crippen LogP contribution in [0.3, 0.4) is 0 Å². The zero-order valence-electron chi connectivity index (χ0n) is 14.5. The maximum Gasteiger partial charge on any atom is 0.234 e. The molecule has 0 spiro atoms. The van der Waals surface area contributed by atoms with Crippen LogP contribution in [0.25, 0.3) is 0 Å². The molecule has 0 radical (unpaired) electrons. The first-order chi connectivity index (χ1) is 11.5. The summed E-state index contributed by atoms with van der Waals surface area (Å²) >= 11 is 0. The molecule has 0 saturated carbocycles. The summed E-state index contributed by atoms with van der Waals surface area (Å²) in [4.78, 5) is 14.9. The summed E-state index contributed by atoms with van der Waals surface area (Å²) in [5.74, 6) is 0.169. The van der Waals surface area contributed by atoms with Gasteiger partial charge in [-0.1, -0.05) is 51.5 Å². The van der Waals surface area contributed by atoms with Crippen molar-refractivity contribution in [2.75, 3.05) is 11.4 Å². The monoisotopic (exact) mass is 325 g/mol. The van der Waals surface area contributed by atoms with Gasteiger partial charge in [0.2, 0.25) is 5.91 Å². The topological polar surface area (TPSA) is 20.3 Å². The summed E-state index contributed by atoms with van der Waals surface area (Å²) in [7, 11) is 0. The molecule has 2 aromatic carbocycles. The van der Waals surface area contributed by atoms with Crippen molar-refractivity contribution >= 4 is 11.6 Å². The third-order valence-corrected chi connectivity index (χ3v) is 5.00. The van der Waals surface area contributed by atoms with Crippen molar-refractivity contribution < 1.29 is 9.18 Å². The van der Waals surface area contributed by atoms with Crippen molar-refractivity contribution in [3.63, 3.8) is 0 Å². The summed E-state index contributed by atoms with van der Waals surface area (Å²) in [5.41, 5.74) is 2.96. The Morgan fingerprint density at radius 2 is 1.92 bits per heavy atom. The van der Waals surface area contributed by atoms with Gasteiger partial charge in [0.15, 0.2) is 0 Å². The van der Waals surface area contributed by atoms with E-state index in [0.29, 0.717) is 12.5 Å². The van der Waals surface area contributed by atoms with Crippen LogP contribution in [0.5, 0.6) is 0 Å². The van der Waals surface area contributed by atoms with E-state index in [9.17, 15) is 9.18 Å². The highest BCUT2D eigenvalue weighted by Gasteiger charge is 2.41. The number of nitrogens with zero attached hydrogens (tertiary/aromatic N) is 1. The minimum absolute atomic E-state index is 0.0772. The fourth-order valence-electron chi connectivity index (χ4n) is 3.56. The second-order valence-corrected chi connectivity index (χ2v) is 6.90. The third-order valence-electron chi connectivity index (χ3n) is 5.00. The van der Waals surface area contributed by atoms with Crippen LogP contribution in [0.4, 0.5) is 10.1 Å². The standard InChI is InChI=1S/C21H24FNO/c1-4-15-13-23(19-10-6-7-16(12-19)14(2)3)21(24)20(15)17-8-5-9-18(22)11-17/h5-12,14-15,20H,4,13H2,1-3H3. The van der Waals surface area contributed by atoms with Gasteiger partial charge >= 0.3 is 0 Å². The lowest BCUT2D eigenvalue weighted by atomic mass is 9.87. The number of benzene rings is 2. The van der Waals surface area contributed by atoms with E-state index in [1.165, 1.54) is 17.7 Å². The van der Waals surface area contributed by atoms with E-state index in [4.69, 9.17) is 0 Å². The molecule has 0 aliphatic carbocycles. The SMILES string of the molecule is CCC1CN(c2cccc(C(C)C)c2)C(=O)C1c1cccc(F)c1. The molecule has 2 nitrogen and oxygen atoms in total. The molecule has 1 aliphatic rings. The van der Waals surface area contributed by atoms with Crippen LogP contribution in [-0.2, 0) is 4.79 Å². The van der Waals surface area contributed by atoms with Crippen molar-refractivity contribution in [1.29, 1.82) is 0 Å². The molecule has 2 atom stereocenters. The van der Waals surface area contributed by atoms with E-state index < -0.39 is 0 Å². The van der Waals surface area contributed by atoms with Crippen molar-refractivity contribution in [1.82, 2.24) is 0 Å². The molecule has 0 N–H and O–H groups in total. The molecule has 126 valence electrons. The molecular weight excluding hydrogens is 301 g/mol. The summed E-state index contributed by atoms with van der Waals surface area (Å²) in [6.45, 7) is 7.08. The number of halogens is 1. The summed E-state index contributed by atoms with van der Waals surface area (Å²) < 4.78 is 13.6. The van der Waals surface area contributed by atoms with Gasteiger partial charge in [0.1, 0.15) is 5.82 Å². The third kappa shape index (κ3) is 3.08. The highest BCUT2D eigenvalue weighted by molar-refractivity contribution is 6.00. The highest BCUT2D eigenvalue weighted by atomic mass is 19.1. The van der Waals surface area contributed by atoms with Crippen molar-refractivity contribution in [3.8, 4) is 0 Å². The van der Waals surface area contributed by atoms with E-state index in [1.54, 1.807) is 6.07 Å². The Kier molecular flexibility index (Phi) is 4.70. The highest BCUT2D eigenvalue weighted by Crippen LogP contribution is 2.38. The van der Waals surface area contributed by atoms with Crippen LogP contribution < -0.4 is 4.90 Å². The second kappa shape index (κ2) is 6.76. The van der Waals surface area contributed by atoms with Crippen LogP contribution in [0.1, 0.15) is 50.2 Å². The van der Waals surface area contributed by atoms with Gasteiger partial charge in [0.25, 0.3) is 0 Å². The Hall–Kier alpha value is -2.16. The molecule has 24 heavy (non-hydrogen) atoms. The largest absolute Gasteiger partial charge is 0.312 e. The molecule has 1 amide bonds. The average Bonchev–Trinajstić information content (AvgIpc) is 2.91. The number of amides is 1. The smallest absolute Gasteiger partial charge is 0.234 e. The molecule has 1 fully saturated rings. The fraction of sp³-hybridized carbons (Fsp3) is 0.381. The van der Waals surface area contributed by atoms with Gasteiger partial charge in [0.05, 0.1) is 5.92 Å². The van der Waals surface area contributed by atoms with Gasteiger partial charge in [-0.15, -0.1) is 0 Å². The Balaban J connectivity index is 1.95. The minimum atomic E-state index is -0.282. The number of carbonyl (C=O) groups excluding carboxylic acids is 1. The normalized spacial score (nSPS) is 20.9. The fourth-order valence-corrected chi connectivity index (χ4v) is 3.56. The number of carbonyl (C=O) groups is 1. The molecule has 3 rings (SSSR count). The van der Waals surface area contributed by atoms with E-state index in [0.717, 1.165) is 17.7 Å². The van der Waals surface area contributed by atoms with Crippen molar-refractivity contribution in [2.45, 2.75) is 39.0 Å². The van der Waals surface area contributed by atoms with E-state index in [2.05, 4.69) is 32.9 Å². The molecule has 2 aromatic rings. The maximum atomic E-state index is 13.6. The number of hydrogen-bond acceptors (Lipinski definition) is 1. The predicted octanol–water partition coefficient (Wildman–Crippen LogP) is 5.11.